The Hall–Kier alpha value is -0.610. The molecule has 1 N–H and O–H groups in total. The van der Waals surface area contributed by atoms with Gasteiger partial charge in [0.25, 0.3) is 0 Å². The minimum atomic E-state index is -0.130. The zero-order valence-corrected chi connectivity index (χ0v) is 13.3. The molecule has 0 aromatic carbocycles. The SMILES string of the molecule is CC(C)CCN(C(=O)COC1(C)CNC1)C1CCCC1. The largest absolute Gasteiger partial charge is 0.363 e. The van der Waals surface area contributed by atoms with E-state index in [2.05, 4.69) is 31.0 Å². The van der Waals surface area contributed by atoms with Crippen LogP contribution in [0.3, 0.4) is 0 Å². The molecule has 2 aliphatic rings. The number of nitrogens with zero attached hydrogens (tertiary/aromatic N) is 1. The molecular weight excluding hydrogens is 252 g/mol. The van der Waals surface area contributed by atoms with E-state index in [1.807, 2.05) is 0 Å². The molecule has 0 aromatic heterocycles. The average Bonchev–Trinajstić information content (AvgIpc) is 2.87. The predicted octanol–water partition coefficient (Wildman–Crippen LogP) is 2.18. The number of nitrogens with one attached hydrogen (secondary N) is 1. The van der Waals surface area contributed by atoms with Gasteiger partial charge in [0.1, 0.15) is 6.61 Å². The van der Waals surface area contributed by atoms with Crippen LogP contribution < -0.4 is 5.32 Å². The topological polar surface area (TPSA) is 41.6 Å². The van der Waals surface area contributed by atoms with Gasteiger partial charge in [0.05, 0.1) is 5.60 Å². The first-order valence-corrected chi connectivity index (χ1v) is 8.14. The molecule has 4 nitrogen and oxygen atoms in total. The predicted molar refractivity (Wildman–Crippen MR) is 80.7 cm³/mol. The zero-order valence-electron chi connectivity index (χ0n) is 13.3. The molecular formula is C16H30N2O2. The molecule has 1 amide bonds. The monoisotopic (exact) mass is 282 g/mol. The quantitative estimate of drug-likeness (QED) is 0.778. The summed E-state index contributed by atoms with van der Waals surface area (Å²) < 4.78 is 5.82. The molecule has 4 heteroatoms. The third kappa shape index (κ3) is 4.19. The minimum Gasteiger partial charge on any atom is -0.363 e. The van der Waals surface area contributed by atoms with Crippen molar-refractivity contribution in [3.63, 3.8) is 0 Å². The van der Waals surface area contributed by atoms with Crippen LogP contribution in [-0.4, -0.2) is 48.7 Å². The highest BCUT2D eigenvalue weighted by Gasteiger charge is 2.34. The van der Waals surface area contributed by atoms with Crippen molar-refractivity contribution in [2.45, 2.75) is 64.5 Å². The van der Waals surface area contributed by atoms with Crippen molar-refractivity contribution in [2.75, 3.05) is 26.2 Å². The maximum Gasteiger partial charge on any atom is 0.248 e. The molecule has 1 aliphatic carbocycles. The fourth-order valence-corrected chi connectivity index (χ4v) is 3.02. The summed E-state index contributed by atoms with van der Waals surface area (Å²) in [6.07, 6.45) is 5.95. The third-order valence-electron chi connectivity index (χ3n) is 4.58. The highest BCUT2D eigenvalue weighted by molar-refractivity contribution is 5.77. The standard InChI is InChI=1S/C16H30N2O2/c1-13(2)8-9-18(14-6-4-5-7-14)15(19)10-20-16(3)11-17-12-16/h13-14,17H,4-12H2,1-3H3. The van der Waals surface area contributed by atoms with Crippen molar-refractivity contribution < 1.29 is 9.53 Å². The normalized spacial score (nSPS) is 22.0. The van der Waals surface area contributed by atoms with Crippen LogP contribution in [0.1, 0.15) is 52.9 Å². The van der Waals surface area contributed by atoms with Gasteiger partial charge in [-0.1, -0.05) is 26.7 Å². The lowest BCUT2D eigenvalue weighted by molar-refractivity contribution is -0.148. The van der Waals surface area contributed by atoms with Crippen LogP contribution in [0.25, 0.3) is 0 Å². The lowest BCUT2D eigenvalue weighted by atomic mass is 10.0. The Morgan fingerprint density at radius 2 is 2.00 bits per heavy atom. The van der Waals surface area contributed by atoms with E-state index in [0.717, 1.165) is 26.1 Å². The first-order valence-electron chi connectivity index (χ1n) is 8.14. The number of carbonyl (C=O) groups excluding carboxylic acids is 1. The minimum absolute atomic E-state index is 0.130. The summed E-state index contributed by atoms with van der Waals surface area (Å²) in [5, 5.41) is 3.20. The van der Waals surface area contributed by atoms with Crippen molar-refractivity contribution in [2.24, 2.45) is 5.92 Å². The van der Waals surface area contributed by atoms with Gasteiger partial charge >= 0.3 is 0 Å². The number of hydrogen-bond acceptors (Lipinski definition) is 3. The molecule has 0 aromatic rings. The number of carbonyl (C=O) groups is 1. The fraction of sp³-hybridized carbons (Fsp3) is 0.938. The lowest BCUT2D eigenvalue weighted by Crippen LogP contribution is -2.60. The Kier molecular flexibility index (Phi) is 5.44. The van der Waals surface area contributed by atoms with Crippen LogP contribution in [0.15, 0.2) is 0 Å². The fourth-order valence-electron chi connectivity index (χ4n) is 3.02. The second-order valence-electron chi connectivity index (χ2n) is 7.05. The van der Waals surface area contributed by atoms with Crippen molar-refractivity contribution in [3.05, 3.63) is 0 Å². The van der Waals surface area contributed by atoms with Gasteiger partial charge in [-0.15, -0.1) is 0 Å². The van der Waals surface area contributed by atoms with E-state index in [4.69, 9.17) is 4.74 Å². The summed E-state index contributed by atoms with van der Waals surface area (Å²) >= 11 is 0. The van der Waals surface area contributed by atoms with E-state index in [0.29, 0.717) is 12.0 Å². The molecule has 0 unspecified atom stereocenters. The lowest BCUT2D eigenvalue weighted by Gasteiger charge is -2.39. The molecule has 0 radical (unpaired) electrons. The number of ether oxygens (including phenoxy) is 1. The van der Waals surface area contributed by atoms with Crippen molar-refractivity contribution in [1.82, 2.24) is 10.2 Å². The first kappa shape index (κ1) is 15.8. The molecule has 1 saturated heterocycles. The van der Waals surface area contributed by atoms with Crippen LogP contribution in [0.5, 0.6) is 0 Å². The number of hydrogen-bond donors (Lipinski definition) is 1. The molecule has 0 bridgehead atoms. The smallest absolute Gasteiger partial charge is 0.248 e. The van der Waals surface area contributed by atoms with Crippen LogP contribution >= 0.6 is 0 Å². The van der Waals surface area contributed by atoms with Gasteiger partial charge in [-0.2, -0.15) is 0 Å². The van der Waals surface area contributed by atoms with Gasteiger partial charge in [0.2, 0.25) is 5.91 Å². The Morgan fingerprint density at radius 3 is 2.50 bits per heavy atom. The highest BCUT2D eigenvalue weighted by atomic mass is 16.5. The molecule has 2 fully saturated rings. The summed E-state index contributed by atoms with van der Waals surface area (Å²) in [4.78, 5) is 14.6. The van der Waals surface area contributed by atoms with E-state index in [9.17, 15) is 4.79 Å². The summed E-state index contributed by atoms with van der Waals surface area (Å²) in [5.41, 5.74) is -0.130. The van der Waals surface area contributed by atoms with E-state index < -0.39 is 0 Å². The van der Waals surface area contributed by atoms with Crippen LogP contribution in [0.2, 0.25) is 0 Å². The van der Waals surface area contributed by atoms with Crippen LogP contribution in [0, 0.1) is 5.92 Å². The number of rotatable bonds is 7. The second-order valence-corrected chi connectivity index (χ2v) is 7.05. The molecule has 2 rings (SSSR count). The molecule has 1 saturated carbocycles. The Labute approximate surface area is 123 Å². The van der Waals surface area contributed by atoms with Crippen LogP contribution in [-0.2, 0) is 9.53 Å². The van der Waals surface area contributed by atoms with Gasteiger partial charge in [-0.25, -0.2) is 0 Å². The van der Waals surface area contributed by atoms with Gasteiger partial charge < -0.3 is 15.0 Å². The second kappa shape index (κ2) is 6.90. The maximum atomic E-state index is 12.5. The summed E-state index contributed by atoms with van der Waals surface area (Å²) in [7, 11) is 0. The molecule has 20 heavy (non-hydrogen) atoms. The Bertz CT molecular complexity index is 320. The summed E-state index contributed by atoms with van der Waals surface area (Å²) in [5.74, 6) is 0.826. The molecule has 0 atom stereocenters. The Morgan fingerprint density at radius 1 is 1.35 bits per heavy atom. The highest BCUT2D eigenvalue weighted by Crippen LogP contribution is 2.25. The van der Waals surface area contributed by atoms with Gasteiger partial charge in [0, 0.05) is 25.7 Å². The summed E-state index contributed by atoms with van der Waals surface area (Å²) in [6, 6.07) is 0.456. The summed E-state index contributed by atoms with van der Waals surface area (Å²) in [6.45, 7) is 9.35. The van der Waals surface area contributed by atoms with Gasteiger partial charge in [0.15, 0.2) is 0 Å². The molecule has 1 heterocycles. The van der Waals surface area contributed by atoms with Crippen molar-refractivity contribution in [3.8, 4) is 0 Å². The van der Waals surface area contributed by atoms with Gasteiger partial charge in [-0.05, 0) is 32.1 Å². The zero-order chi connectivity index (χ0) is 14.6. The number of amides is 1. The van der Waals surface area contributed by atoms with E-state index >= 15 is 0 Å². The van der Waals surface area contributed by atoms with E-state index in [1.54, 1.807) is 0 Å². The van der Waals surface area contributed by atoms with Gasteiger partial charge in [-0.3, -0.25) is 4.79 Å². The van der Waals surface area contributed by atoms with E-state index in [1.165, 1.54) is 25.7 Å². The van der Waals surface area contributed by atoms with E-state index in [-0.39, 0.29) is 18.1 Å². The molecule has 1 aliphatic heterocycles. The van der Waals surface area contributed by atoms with Crippen molar-refractivity contribution >= 4 is 5.91 Å². The third-order valence-corrected chi connectivity index (χ3v) is 4.58. The first-order chi connectivity index (χ1) is 9.50. The average molecular weight is 282 g/mol. The Balaban J connectivity index is 1.85. The molecule has 116 valence electrons. The molecule has 0 spiro atoms. The van der Waals surface area contributed by atoms with Crippen LogP contribution in [0.4, 0.5) is 0 Å². The maximum absolute atomic E-state index is 12.5. The van der Waals surface area contributed by atoms with Crippen molar-refractivity contribution in [1.29, 1.82) is 0 Å².